The van der Waals surface area contributed by atoms with E-state index in [0.29, 0.717) is 11.3 Å². The molecule has 0 fully saturated rings. The van der Waals surface area contributed by atoms with E-state index in [9.17, 15) is 8.42 Å². The summed E-state index contributed by atoms with van der Waals surface area (Å²) in [4.78, 5) is 0. The van der Waals surface area contributed by atoms with Crippen molar-refractivity contribution in [1.29, 1.82) is 0 Å². The Morgan fingerprint density at radius 2 is 1.43 bits per heavy atom. The molecule has 0 amide bonds. The number of para-hydroxylation sites is 1. The summed E-state index contributed by atoms with van der Waals surface area (Å²) in [6.45, 7) is 3.20. The topological polar surface area (TPSA) is 61.8 Å². The van der Waals surface area contributed by atoms with Crippen LogP contribution in [-0.2, 0) is 24.8 Å². The lowest BCUT2D eigenvalue weighted by molar-refractivity contribution is -0.166. The number of hydrogen-bond donors (Lipinski definition) is 0. The first-order valence-corrected chi connectivity index (χ1v) is 8.84. The van der Waals surface area contributed by atoms with E-state index >= 15 is 0 Å². The van der Waals surface area contributed by atoms with Crippen molar-refractivity contribution < 1.29 is 22.1 Å². The maximum Gasteiger partial charge on any atom is 0.274 e. The third-order valence-electron chi connectivity index (χ3n) is 2.90. The van der Waals surface area contributed by atoms with Crippen LogP contribution in [0.2, 0.25) is 0 Å². The minimum atomic E-state index is -3.73. The van der Waals surface area contributed by atoms with Crippen LogP contribution in [0, 0.1) is 0 Å². The largest absolute Gasteiger partial charge is 0.465 e. The molecule has 0 N–H and O–H groups in total. The lowest BCUT2D eigenvalue weighted by atomic mass is 10.2. The predicted octanol–water partition coefficient (Wildman–Crippen LogP) is 3.32. The van der Waals surface area contributed by atoms with E-state index in [1.54, 1.807) is 43.3 Å². The zero-order chi connectivity index (χ0) is 16.7. The molecular formula is C17H20O5S. The maximum atomic E-state index is 12.0. The average molecular weight is 336 g/mol. The van der Waals surface area contributed by atoms with Gasteiger partial charge in [-0.3, -0.25) is 0 Å². The van der Waals surface area contributed by atoms with Crippen molar-refractivity contribution in [3.8, 4) is 5.75 Å². The van der Waals surface area contributed by atoms with Gasteiger partial charge in [-0.05, 0) is 31.5 Å². The fraction of sp³-hybridized carbons (Fsp3) is 0.294. The van der Waals surface area contributed by atoms with Crippen molar-refractivity contribution in [3.05, 3.63) is 66.2 Å². The van der Waals surface area contributed by atoms with Crippen LogP contribution < -0.4 is 4.74 Å². The van der Waals surface area contributed by atoms with Crippen molar-refractivity contribution in [2.45, 2.75) is 32.2 Å². The zero-order valence-corrected chi connectivity index (χ0v) is 13.9. The quantitative estimate of drug-likeness (QED) is 0.547. The Bertz CT molecular complexity index is 685. The fourth-order valence-corrected chi connectivity index (χ4v) is 3.16. The Hall–Kier alpha value is -1.89. The second kappa shape index (κ2) is 8.10. The molecule has 0 aliphatic rings. The van der Waals surface area contributed by atoms with Gasteiger partial charge < -0.3 is 9.47 Å². The van der Waals surface area contributed by atoms with E-state index in [0.717, 1.165) is 0 Å². The van der Waals surface area contributed by atoms with E-state index < -0.39 is 22.7 Å². The molecule has 0 bridgehead atoms. The van der Waals surface area contributed by atoms with Gasteiger partial charge >= 0.3 is 0 Å². The normalized spacial score (nSPS) is 14.2. The van der Waals surface area contributed by atoms with Crippen molar-refractivity contribution in [2.75, 3.05) is 0 Å². The van der Waals surface area contributed by atoms with Crippen LogP contribution in [0.25, 0.3) is 0 Å². The number of rotatable bonds is 8. The molecule has 2 rings (SSSR count). The number of hydrogen-bond acceptors (Lipinski definition) is 5. The SMILES string of the molecule is CC(Oc1ccccc1)OC(C)OS(=O)(=O)Cc1ccccc1. The van der Waals surface area contributed by atoms with Gasteiger partial charge in [-0.1, -0.05) is 48.5 Å². The standard InChI is InChI=1S/C17H20O5S/c1-14(21-17-11-7-4-8-12-17)20-15(2)22-23(18,19)13-16-9-5-3-6-10-16/h3-12,14-15H,13H2,1-2H3. The molecule has 0 spiro atoms. The summed E-state index contributed by atoms with van der Waals surface area (Å²) in [5.74, 6) is 0.439. The Labute approximate surface area is 136 Å². The first kappa shape index (κ1) is 17.5. The fourth-order valence-electron chi connectivity index (χ4n) is 2.03. The van der Waals surface area contributed by atoms with Crippen molar-refractivity contribution >= 4 is 10.1 Å². The van der Waals surface area contributed by atoms with E-state index in [2.05, 4.69) is 0 Å². The zero-order valence-electron chi connectivity index (χ0n) is 13.1. The van der Waals surface area contributed by atoms with Gasteiger partial charge in [-0.25, -0.2) is 4.18 Å². The molecule has 6 heteroatoms. The highest BCUT2D eigenvalue weighted by Gasteiger charge is 2.19. The molecule has 0 heterocycles. The van der Waals surface area contributed by atoms with E-state index in [-0.39, 0.29) is 5.75 Å². The molecule has 0 aliphatic heterocycles. The number of ether oxygens (including phenoxy) is 2. The third-order valence-corrected chi connectivity index (χ3v) is 4.15. The van der Waals surface area contributed by atoms with Crippen LogP contribution in [-0.4, -0.2) is 21.0 Å². The summed E-state index contributed by atoms with van der Waals surface area (Å²) in [6, 6.07) is 18.0. The van der Waals surface area contributed by atoms with Gasteiger partial charge in [0.15, 0.2) is 12.6 Å². The molecule has 0 aliphatic carbocycles. The molecule has 0 saturated heterocycles. The van der Waals surface area contributed by atoms with Crippen LogP contribution in [0.15, 0.2) is 60.7 Å². The van der Waals surface area contributed by atoms with Crippen LogP contribution >= 0.6 is 0 Å². The molecule has 2 atom stereocenters. The average Bonchev–Trinajstić information content (AvgIpc) is 2.47. The van der Waals surface area contributed by atoms with Crippen LogP contribution in [0.4, 0.5) is 0 Å². The molecule has 0 aromatic heterocycles. The monoisotopic (exact) mass is 336 g/mol. The number of benzene rings is 2. The van der Waals surface area contributed by atoms with Gasteiger partial charge in [0.1, 0.15) is 11.5 Å². The molecule has 2 aromatic carbocycles. The van der Waals surface area contributed by atoms with E-state index in [1.807, 2.05) is 24.3 Å². The first-order valence-electron chi connectivity index (χ1n) is 7.27. The lowest BCUT2D eigenvalue weighted by Gasteiger charge is -2.20. The molecule has 5 nitrogen and oxygen atoms in total. The third kappa shape index (κ3) is 6.40. The van der Waals surface area contributed by atoms with Crippen LogP contribution in [0.1, 0.15) is 19.4 Å². The molecular weight excluding hydrogens is 316 g/mol. The Balaban J connectivity index is 1.84. The summed E-state index contributed by atoms with van der Waals surface area (Å²) >= 11 is 0. The minimum Gasteiger partial charge on any atom is -0.465 e. The molecule has 0 saturated carbocycles. The van der Waals surface area contributed by atoms with Gasteiger partial charge in [0.05, 0.1) is 0 Å². The summed E-state index contributed by atoms with van der Waals surface area (Å²) in [6.07, 6.45) is -1.58. The highest BCUT2D eigenvalue weighted by atomic mass is 32.2. The maximum absolute atomic E-state index is 12.0. The predicted molar refractivity (Wildman–Crippen MR) is 87.2 cm³/mol. The van der Waals surface area contributed by atoms with Crippen LogP contribution in [0.5, 0.6) is 5.75 Å². The smallest absolute Gasteiger partial charge is 0.274 e. The Morgan fingerprint density at radius 1 is 0.870 bits per heavy atom. The van der Waals surface area contributed by atoms with Crippen molar-refractivity contribution in [2.24, 2.45) is 0 Å². The van der Waals surface area contributed by atoms with Crippen LogP contribution in [0.3, 0.4) is 0 Å². The molecule has 23 heavy (non-hydrogen) atoms. The van der Waals surface area contributed by atoms with E-state index in [4.69, 9.17) is 13.7 Å². The van der Waals surface area contributed by atoms with Gasteiger partial charge in [0.25, 0.3) is 10.1 Å². The molecule has 2 aromatic rings. The molecule has 2 unspecified atom stereocenters. The lowest BCUT2D eigenvalue weighted by Crippen LogP contribution is -2.27. The minimum absolute atomic E-state index is 0.199. The van der Waals surface area contributed by atoms with Gasteiger partial charge in [0.2, 0.25) is 0 Å². The second-order valence-electron chi connectivity index (χ2n) is 4.99. The summed E-state index contributed by atoms with van der Waals surface area (Å²) in [7, 11) is -3.73. The molecule has 0 radical (unpaired) electrons. The van der Waals surface area contributed by atoms with E-state index in [1.165, 1.54) is 6.92 Å². The Kier molecular flexibility index (Phi) is 6.15. The summed E-state index contributed by atoms with van der Waals surface area (Å²) in [5, 5.41) is 0. The highest BCUT2D eigenvalue weighted by molar-refractivity contribution is 7.85. The highest BCUT2D eigenvalue weighted by Crippen LogP contribution is 2.14. The van der Waals surface area contributed by atoms with Gasteiger partial charge in [-0.2, -0.15) is 8.42 Å². The summed E-state index contributed by atoms with van der Waals surface area (Å²) < 4.78 is 40.0. The van der Waals surface area contributed by atoms with Gasteiger partial charge in [-0.15, -0.1) is 0 Å². The van der Waals surface area contributed by atoms with Crippen molar-refractivity contribution in [1.82, 2.24) is 0 Å². The van der Waals surface area contributed by atoms with Crippen molar-refractivity contribution in [3.63, 3.8) is 0 Å². The first-order chi connectivity index (χ1) is 10.9. The van der Waals surface area contributed by atoms with Gasteiger partial charge in [0, 0.05) is 0 Å². The summed E-state index contributed by atoms with van der Waals surface area (Å²) in [5.41, 5.74) is 0.660. The Morgan fingerprint density at radius 3 is 2.04 bits per heavy atom. The second-order valence-corrected chi connectivity index (χ2v) is 6.58. The molecule has 124 valence electrons.